The highest BCUT2D eigenvalue weighted by molar-refractivity contribution is 5.98. The van der Waals surface area contributed by atoms with Gasteiger partial charge in [0.2, 0.25) is 5.91 Å². The topological polar surface area (TPSA) is 68.3 Å². The Morgan fingerprint density at radius 1 is 1.24 bits per heavy atom. The first-order chi connectivity index (χ1) is 12.1. The van der Waals surface area contributed by atoms with Gasteiger partial charge in [-0.05, 0) is 24.6 Å². The van der Waals surface area contributed by atoms with Crippen LogP contribution in [0.1, 0.15) is 12.0 Å². The molecule has 2 rings (SSSR count). The van der Waals surface area contributed by atoms with Crippen LogP contribution >= 0.6 is 0 Å². The summed E-state index contributed by atoms with van der Waals surface area (Å²) in [6.45, 7) is 4.23. The molecule has 0 saturated carbocycles. The Morgan fingerprint density at radius 2 is 1.92 bits per heavy atom. The third kappa shape index (κ3) is 5.17. The molecular formula is C18H26N2O5. The van der Waals surface area contributed by atoms with Crippen LogP contribution in [0.5, 0.6) is 5.75 Å². The maximum atomic E-state index is 12.5. The molecule has 7 nitrogen and oxygen atoms in total. The van der Waals surface area contributed by atoms with E-state index >= 15 is 0 Å². The molecule has 0 fully saturated rings. The number of carbonyl (C=O) groups is 2. The predicted octanol–water partition coefficient (Wildman–Crippen LogP) is 1.23. The highest BCUT2D eigenvalue weighted by Gasteiger charge is 2.26. The monoisotopic (exact) mass is 350 g/mol. The molecule has 0 saturated heterocycles. The Kier molecular flexibility index (Phi) is 7.21. The number of anilines is 1. The molecule has 0 aromatic heterocycles. The van der Waals surface area contributed by atoms with Crippen LogP contribution < -0.4 is 9.64 Å². The molecule has 0 N–H and O–H groups in total. The lowest BCUT2D eigenvalue weighted by atomic mass is 10.1. The average Bonchev–Trinajstić information content (AvgIpc) is 2.60. The number of carbonyl (C=O) groups excluding carboxylic acids is 2. The summed E-state index contributed by atoms with van der Waals surface area (Å²) < 4.78 is 15.6. The summed E-state index contributed by atoms with van der Waals surface area (Å²) in [5, 5.41) is 0. The Bertz CT molecular complexity index is 597. The van der Waals surface area contributed by atoms with Crippen LogP contribution in [0, 0.1) is 6.92 Å². The molecule has 1 aliphatic heterocycles. The highest BCUT2D eigenvalue weighted by Crippen LogP contribution is 2.32. The van der Waals surface area contributed by atoms with Gasteiger partial charge < -0.3 is 24.0 Å². The summed E-state index contributed by atoms with van der Waals surface area (Å²) in [5.74, 6) is 0.516. The second-order valence-corrected chi connectivity index (χ2v) is 5.92. The smallest absolute Gasteiger partial charge is 0.265 e. The van der Waals surface area contributed by atoms with E-state index in [1.807, 2.05) is 25.1 Å². The zero-order valence-corrected chi connectivity index (χ0v) is 15.1. The van der Waals surface area contributed by atoms with Crippen molar-refractivity contribution in [3.8, 4) is 5.75 Å². The zero-order valence-electron chi connectivity index (χ0n) is 15.1. The van der Waals surface area contributed by atoms with Gasteiger partial charge >= 0.3 is 0 Å². The van der Waals surface area contributed by atoms with Gasteiger partial charge in [-0.3, -0.25) is 9.59 Å². The minimum Gasteiger partial charge on any atom is -0.482 e. The molecule has 1 aromatic rings. The van der Waals surface area contributed by atoms with Gasteiger partial charge in [0.25, 0.3) is 5.91 Å². The normalized spacial score (nSPS) is 13.4. The van der Waals surface area contributed by atoms with Gasteiger partial charge in [0.15, 0.2) is 6.61 Å². The van der Waals surface area contributed by atoms with E-state index in [2.05, 4.69) is 0 Å². The van der Waals surface area contributed by atoms with Crippen molar-refractivity contribution in [2.45, 2.75) is 13.3 Å². The fourth-order valence-corrected chi connectivity index (χ4v) is 2.69. The molecule has 138 valence electrons. The lowest BCUT2D eigenvalue weighted by Crippen LogP contribution is -2.42. The average molecular weight is 350 g/mol. The number of nitrogens with zero attached hydrogens (tertiary/aromatic N) is 2. The van der Waals surface area contributed by atoms with E-state index in [1.165, 1.54) is 0 Å². The maximum absolute atomic E-state index is 12.5. The van der Waals surface area contributed by atoms with Crippen LogP contribution in [0.15, 0.2) is 18.2 Å². The van der Waals surface area contributed by atoms with E-state index in [4.69, 9.17) is 14.2 Å². The van der Waals surface area contributed by atoms with Crippen molar-refractivity contribution < 1.29 is 23.8 Å². The summed E-state index contributed by atoms with van der Waals surface area (Å²) >= 11 is 0. The quantitative estimate of drug-likeness (QED) is 0.670. The summed E-state index contributed by atoms with van der Waals surface area (Å²) in [6.07, 6.45) is 0.243. The molecule has 0 bridgehead atoms. The SMILES string of the molecule is COCCN(CCOC)C(=O)CCN1C(=O)COc2ccc(C)cc21. The molecule has 0 unspecified atom stereocenters. The van der Waals surface area contributed by atoms with E-state index < -0.39 is 0 Å². The number of hydrogen-bond donors (Lipinski definition) is 0. The first-order valence-electron chi connectivity index (χ1n) is 8.36. The molecule has 1 heterocycles. The van der Waals surface area contributed by atoms with Crippen molar-refractivity contribution >= 4 is 17.5 Å². The fraction of sp³-hybridized carbons (Fsp3) is 0.556. The zero-order chi connectivity index (χ0) is 18.2. The molecule has 0 radical (unpaired) electrons. The lowest BCUT2D eigenvalue weighted by Gasteiger charge is -2.30. The Hall–Kier alpha value is -2.12. The lowest BCUT2D eigenvalue weighted by molar-refractivity contribution is -0.132. The van der Waals surface area contributed by atoms with Crippen molar-refractivity contribution in [3.63, 3.8) is 0 Å². The summed E-state index contributed by atoms with van der Waals surface area (Å²) in [7, 11) is 3.20. The van der Waals surface area contributed by atoms with E-state index in [0.717, 1.165) is 11.3 Å². The molecule has 1 aliphatic rings. The number of hydrogen-bond acceptors (Lipinski definition) is 5. The summed E-state index contributed by atoms with van der Waals surface area (Å²) in [6, 6.07) is 5.70. The number of ether oxygens (including phenoxy) is 3. The molecule has 0 spiro atoms. The third-order valence-electron chi connectivity index (χ3n) is 4.09. The number of rotatable bonds is 9. The highest BCUT2D eigenvalue weighted by atomic mass is 16.5. The van der Waals surface area contributed by atoms with Gasteiger partial charge in [0.05, 0.1) is 18.9 Å². The van der Waals surface area contributed by atoms with Gasteiger partial charge in [0, 0.05) is 40.3 Å². The Morgan fingerprint density at radius 3 is 2.56 bits per heavy atom. The molecule has 25 heavy (non-hydrogen) atoms. The number of fused-ring (bicyclic) bond motifs is 1. The van der Waals surface area contributed by atoms with E-state index in [-0.39, 0.29) is 24.8 Å². The second kappa shape index (κ2) is 9.39. The van der Waals surface area contributed by atoms with Crippen LogP contribution in [-0.4, -0.2) is 70.4 Å². The van der Waals surface area contributed by atoms with Crippen molar-refractivity contribution in [2.75, 3.05) is 58.6 Å². The Labute approximate surface area is 148 Å². The second-order valence-electron chi connectivity index (χ2n) is 5.92. The van der Waals surface area contributed by atoms with Gasteiger partial charge in [-0.1, -0.05) is 6.07 Å². The predicted molar refractivity (Wildman–Crippen MR) is 94.0 cm³/mol. The first kappa shape index (κ1) is 19.2. The molecule has 0 atom stereocenters. The van der Waals surface area contributed by atoms with E-state index in [9.17, 15) is 9.59 Å². The van der Waals surface area contributed by atoms with Gasteiger partial charge in [-0.2, -0.15) is 0 Å². The van der Waals surface area contributed by atoms with Crippen molar-refractivity contribution in [1.29, 1.82) is 0 Å². The largest absolute Gasteiger partial charge is 0.482 e. The number of aryl methyl sites for hydroxylation is 1. The number of amides is 2. The van der Waals surface area contributed by atoms with Crippen LogP contribution in [0.4, 0.5) is 5.69 Å². The van der Waals surface area contributed by atoms with E-state index in [1.54, 1.807) is 24.0 Å². The molecule has 2 amide bonds. The van der Waals surface area contributed by atoms with Crippen molar-refractivity contribution in [1.82, 2.24) is 4.90 Å². The van der Waals surface area contributed by atoms with Gasteiger partial charge in [0.1, 0.15) is 5.75 Å². The molecule has 0 aliphatic carbocycles. The number of benzene rings is 1. The molecular weight excluding hydrogens is 324 g/mol. The standard InChI is InChI=1S/C18H26N2O5/c1-14-4-5-16-15(12-14)20(18(22)13-25-16)7-6-17(21)19(8-10-23-2)9-11-24-3/h4-5,12H,6-11,13H2,1-3H3. The summed E-state index contributed by atoms with van der Waals surface area (Å²) in [5.41, 5.74) is 1.76. The Balaban J connectivity index is 2.02. The van der Waals surface area contributed by atoms with Crippen LogP contribution in [0.2, 0.25) is 0 Å². The van der Waals surface area contributed by atoms with Gasteiger partial charge in [-0.15, -0.1) is 0 Å². The summed E-state index contributed by atoms with van der Waals surface area (Å²) in [4.78, 5) is 28.1. The minimum atomic E-state index is -0.133. The van der Waals surface area contributed by atoms with Crippen LogP contribution in [0.3, 0.4) is 0 Å². The van der Waals surface area contributed by atoms with Crippen molar-refractivity contribution in [2.24, 2.45) is 0 Å². The maximum Gasteiger partial charge on any atom is 0.265 e. The van der Waals surface area contributed by atoms with Crippen LogP contribution in [0.25, 0.3) is 0 Å². The molecule has 7 heteroatoms. The van der Waals surface area contributed by atoms with E-state index in [0.29, 0.717) is 38.6 Å². The van der Waals surface area contributed by atoms with Crippen molar-refractivity contribution in [3.05, 3.63) is 23.8 Å². The van der Waals surface area contributed by atoms with Crippen LogP contribution in [-0.2, 0) is 19.1 Å². The number of methoxy groups -OCH3 is 2. The first-order valence-corrected chi connectivity index (χ1v) is 8.36. The van der Waals surface area contributed by atoms with Gasteiger partial charge in [-0.25, -0.2) is 0 Å². The minimum absolute atomic E-state index is 0.00130. The fourth-order valence-electron chi connectivity index (χ4n) is 2.69. The molecule has 1 aromatic carbocycles. The third-order valence-corrected chi connectivity index (χ3v) is 4.09.